The number of hydrogen-bond acceptors (Lipinski definition) is 3. The number of carbonyl (C=O) groups is 1. The number of rotatable bonds is 2. The summed E-state index contributed by atoms with van der Waals surface area (Å²) in [6.07, 6.45) is 0. The molecule has 0 heterocycles. The van der Waals surface area contributed by atoms with E-state index in [-0.39, 0.29) is 0 Å². The zero-order valence-electron chi connectivity index (χ0n) is 9.07. The molecule has 0 fully saturated rings. The van der Waals surface area contributed by atoms with Crippen molar-refractivity contribution in [3.63, 3.8) is 0 Å². The Bertz CT molecular complexity index is 416. The maximum Gasteiger partial charge on any atom is 0.338 e. The van der Waals surface area contributed by atoms with Gasteiger partial charge in [0.1, 0.15) is 0 Å². The van der Waals surface area contributed by atoms with Crippen LogP contribution in [0, 0.1) is 11.3 Å². The monoisotopic (exact) mass is 203 g/mol. The van der Waals surface area contributed by atoms with Gasteiger partial charge in [-0.1, -0.05) is 18.2 Å². The summed E-state index contributed by atoms with van der Waals surface area (Å²) in [5.41, 5.74) is 0.455. The van der Waals surface area contributed by atoms with Crippen LogP contribution in [0.1, 0.15) is 29.8 Å². The van der Waals surface area contributed by atoms with E-state index in [9.17, 15) is 4.79 Å². The van der Waals surface area contributed by atoms with Gasteiger partial charge in [0.25, 0.3) is 0 Å². The van der Waals surface area contributed by atoms with Gasteiger partial charge in [0.2, 0.25) is 0 Å². The van der Waals surface area contributed by atoms with Crippen molar-refractivity contribution in [2.45, 2.75) is 19.3 Å². The van der Waals surface area contributed by atoms with Gasteiger partial charge in [-0.2, -0.15) is 5.26 Å². The van der Waals surface area contributed by atoms with Crippen molar-refractivity contribution in [1.82, 2.24) is 0 Å². The number of carbonyl (C=O) groups excluding carboxylic acids is 1. The van der Waals surface area contributed by atoms with Crippen molar-refractivity contribution in [2.24, 2.45) is 0 Å². The summed E-state index contributed by atoms with van der Waals surface area (Å²) in [6, 6.07) is 9.17. The quantitative estimate of drug-likeness (QED) is 0.693. The van der Waals surface area contributed by atoms with Gasteiger partial charge in [0.15, 0.2) is 0 Å². The zero-order valence-corrected chi connectivity index (χ0v) is 9.07. The minimum Gasteiger partial charge on any atom is -0.465 e. The molecule has 0 atom stereocenters. The van der Waals surface area contributed by atoms with Gasteiger partial charge in [-0.05, 0) is 25.5 Å². The maximum absolute atomic E-state index is 11.5. The minimum atomic E-state index is -0.690. The van der Waals surface area contributed by atoms with Crippen molar-refractivity contribution >= 4 is 5.97 Å². The fourth-order valence-electron chi connectivity index (χ4n) is 1.38. The molecule has 0 saturated carbocycles. The zero-order chi connectivity index (χ0) is 11.5. The highest BCUT2D eigenvalue weighted by molar-refractivity contribution is 5.91. The Morgan fingerprint density at radius 2 is 2.00 bits per heavy atom. The predicted octanol–water partition coefficient (Wildman–Crippen LogP) is 2.27. The number of benzene rings is 1. The molecule has 3 nitrogen and oxygen atoms in total. The Morgan fingerprint density at radius 1 is 1.40 bits per heavy atom. The molecule has 3 heteroatoms. The van der Waals surface area contributed by atoms with E-state index >= 15 is 0 Å². The summed E-state index contributed by atoms with van der Waals surface area (Å²) < 4.78 is 4.67. The van der Waals surface area contributed by atoms with Crippen LogP contribution in [0.5, 0.6) is 0 Å². The predicted molar refractivity (Wildman–Crippen MR) is 56.4 cm³/mol. The van der Waals surface area contributed by atoms with Crippen LogP contribution in [0.2, 0.25) is 0 Å². The standard InChI is InChI=1S/C12H13NO2/c1-12(2,8-13)10-7-5-4-6-9(10)11(14)15-3/h4-7H,1-3H3. The first-order valence-corrected chi connectivity index (χ1v) is 4.62. The molecule has 1 rings (SSSR count). The lowest BCUT2D eigenvalue weighted by atomic mass is 9.83. The Morgan fingerprint density at radius 3 is 2.53 bits per heavy atom. The molecule has 0 aromatic heterocycles. The fraction of sp³-hybridized carbons (Fsp3) is 0.333. The maximum atomic E-state index is 11.5. The summed E-state index contributed by atoms with van der Waals surface area (Å²) in [5.74, 6) is -0.408. The van der Waals surface area contributed by atoms with E-state index in [1.54, 1.807) is 38.1 Å². The molecular weight excluding hydrogens is 190 g/mol. The molecule has 0 aliphatic heterocycles. The lowest BCUT2D eigenvalue weighted by Crippen LogP contribution is -2.19. The molecule has 0 amide bonds. The van der Waals surface area contributed by atoms with E-state index in [2.05, 4.69) is 10.8 Å². The molecule has 0 spiro atoms. The van der Waals surface area contributed by atoms with Crippen LogP contribution < -0.4 is 0 Å². The summed E-state index contributed by atoms with van der Waals surface area (Å²) in [6.45, 7) is 3.55. The van der Waals surface area contributed by atoms with E-state index in [1.165, 1.54) is 7.11 Å². The number of nitrogens with zero attached hydrogens (tertiary/aromatic N) is 1. The number of hydrogen-bond donors (Lipinski definition) is 0. The van der Waals surface area contributed by atoms with Crippen LogP contribution in [0.3, 0.4) is 0 Å². The molecule has 15 heavy (non-hydrogen) atoms. The summed E-state index contributed by atoms with van der Waals surface area (Å²) in [4.78, 5) is 11.5. The Hall–Kier alpha value is -1.82. The molecule has 0 bridgehead atoms. The van der Waals surface area contributed by atoms with Crippen molar-refractivity contribution in [2.75, 3.05) is 7.11 Å². The van der Waals surface area contributed by atoms with E-state index in [0.29, 0.717) is 11.1 Å². The minimum absolute atomic E-state index is 0.408. The third-order valence-corrected chi connectivity index (χ3v) is 2.29. The molecule has 0 aliphatic rings. The van der Waals surface area contributed by atoms with Gasteiger partial charge < -0.3 is 4.74 Å². The molecule has 0 unspecified atom stereocenters. The summed E-state index contributed by atoms with van der Waals surface area (Å²) in [7, 11) is 1.33. The third kappa shape index (κ3) is 2.16. The second-order valence-corrected chi connectivity index (χ2v) is 3.77. The fourth-order valence-corrected chi connectivity index (χ4v) is 1.38. The number of esters is 1. The van der Waals surface area contributed by atoms with Crippen molar-refractivity contribution < 1.29 is 9.53 Å². The lowest BCUT2D eigenvalue weighted by Gasteiger charge is -2.18. The Labute approximate surface area is 89.3 Å². The highest BCUT2D eigenvalue weighted by Crippen LogP contribution is 2.25. The van der Waals surface area contributed by atoms with E-state index in [0.717, 1.165) is 0 Å². The highest BCUT2D eigenvalue weighted by atomic mass is 16.5. The van der Waals surface area contributed by atoms with Gasteiger partial charge in [-0.15, -0.1) is 0 Å². The van der Waals surface area contributed by atoms with Crippen molar-refractivity contribution in [1.29, 1.82) is 5.26 Å². The van der Waals surface area contributed by atoms with Gasteiger partial charge in [-0.3, -0.25) is 0 Å². The molecule has 0 radical (unpaired) electrons. The van der Waals surface area contributed by atoms with Crippen LogP contribution in [0.15, 0.2) is 24.3 Å². The SMILES string of the molecule is COC(=O)c1ccccc1C(C)(C)C#N. The average Bonchev–Trinajstić information content (AvgIpc) is 2.28. The van der Waals surface area contributed by atoms with E-state index < -0.39 is 11.4 Å². The molecule has 78 valence electrons. The Kier molecular flexibility index (Phi) is 3.11. The van der Waals surface area contributed by atoms with E-state index in [1.807, 2.05) is 0 Å². The first kappa shape index (κ1) is 11.3. The van der Waals surface area contributed by atoms with Crippen LogP contribution in [-0.4, -0.2) is 13.1 Å². The normalized spacial score (nSPS) is 10.5. The first-order valence-electron chi connectivity index (χ1n) is 4.62. The number of nitriles is 1. The second kappa shape index (κ2) is 4.14. The number of methoxy groups -OCH3 is 1. The van der Waals surface area contributed by atoms with E-state index in [4.69, 9.17) is 5.26 Å². The summed E-state index contributed by atoms with van der Waals surface area (Å²) in [5, 5.41) is 9.02. The molecular formula is C12H13NO2. The lowest BCUT2D eigenvalue weighted by molar-refractivity contribution is 0.0598. The van der Waals surface area contributed by atoms with Crippen LogP contribution >= 0.6 is 0 Å². The van der Waals surface area contributed by atoms with Gasteiger partial charge in [-0.25, -0.2) is 4.79 Å². The van der Waals surface area contributed by atoms with Crippen molar-refractivity contribution in [3.8, 4) is 6.07 Å². The summed E-state index contributed by atoms with van der Waals surface area (Å²) >= 11 is 0. The number of ether oxygens (including phenoxy) is 1. The first-order chi connectivity index (χ1) is 7.03. The average molecular weight is 203 g/mol. The second-order valence-electron chi connectivity index (χ2n) is 3.77. The van der Waals surface area contributed by atoms with Crippen molar-refractivity contribution in [3.05, 3.63) is 35.4 Å². The molecule has 0 aliphatic carbocycles. The molecule has 1 aromatic rings. The smallest absolute Gasteiger partial charge is 0.338 e. The Balaban J connectivity index is 3.31. The highest BCUT2D eigenvalue weighted by Gasteiger charge is 2.25. The third-order valence-electron chi connectivity index (χ3n) is 2.29. The van der Waals surface area contributed by atoms with Gasteiger partial charge >= 0.3 is 5.97 Å². The molecule has 1 aromatic carbocycles. The van der Waals surface area contributed by atoms with Gasteiger partial charge in [0.05, 0.1) is 24.2 Å². The topological polar surface area (TPSA) is 50.1 Å². The largest absolute Gasteiger partial charge is 0.465 e. The van der Waals surface area contributed by atoms with Crippen LogP contribution in [0.4, 0.5) is 0 Å². The molecule has 0 N–H and O–H groups in total. The van der Waals surface area contributed by atoms with Gasteiger partial charge in [0, 0.05) is 0 Å². The van der Waals surface area contributed by atoms with Crippen LogP contribution in [0.25, 0.3) is 0 Å². The molecule has 0 saturated heterocycles. The van der Waals surface area contributed by atoms with Crippen LogP contribution in [-0.2, 0) is 10.2 Å².